The predicted octanol–water partition coefficient (Wildman–Crippen LogP) is 2.10. The van der Waals surface area contributed by atoms with Crippen molar-refractivity contribution in [3.63, 3.8) is 0 Å². The van der Waals surface area contributed by atoms with E-state index in [4.69, 9.17) is 4.74 Å². The quantitative estimate of drug-likeness (QED) is 0.358. The van der Waals surface area contributed by atoms with Crippen molar-refractivity contribution in [2.45, 2.75) is 6.54 Å². The van der Waals surface area contributed by atoms with Gasteiger partial charge in [-0.1, -0.05) is 0 Å². The molecular weight excluding hydrogens is 525 g/mol. The fourth-order valence-corrected chi connectivity index (χ4v) is 3.29. The van der Waals surface area contributed by atoms with Crippen molar-refractivity contribution in [1.29, 1.82) is 0 Å². The Morgan fingerprint density at radius 2 is 2.07 bits per heavy atom. The first-order valence-electron chi connectivity index (χ1n) is 8.48. The molecule has 0 saturated carbocycles. The number of aryl methyl sites for hydroxylation is 1. The van der Waals surface area contributed by atoms with E-state index in [-0.39, 0.29) is 24.0 Å². The topological polar surface area (TPSA) is 70.8 Å². The lowest BCUT2D eigenvalue weighted by molar-refractivity contribution is 0.366. The number of methoxy groups -OCH3 is 1. The molecule has 0 bridgehead atoms. The van der Waals surface area contributed by atoms with E-state index in [1.807, 2.05) is 24.9 Å². The van der Waals surface area contributed by atoms with Crippen molar-refractivity contribution >= 4 is 51.8 Å². The van der Waals surface area contributed by atoms with Crippen molar-refractivity contribution in [3.05, 3.63) is 34.7 Å². The zero-order chi connectivity index (χ0) is 18.5. The first-order chi connectivity index (χ1) is 12.6. The van der Waals surface area contributed by atoms with Gasteiger partial charge in [0.25, 0.3) is 0 Å². The summed E-state index contributed by atoms with van der Waals surface area (Å²) < 4.78 is 8.07. The molecule has 8 nitrogen and oxygen atoms in total. The third-order valence-corrected chi connectivity index (χ3v) is 4.85. The highest BCUT2D eigenvalue weighted by Crippen LogP contribution is 2.23. The number of halogens is 2. The largest absolute Gasteiger partial charge is 0.480 e. The van der Waals surface area contributed by atoms with E-state index in [1.54, 1.807) is 13.3 Å². The normalized spacial score (nSPS) is 14.7. The van der Waals surface area contributed by atoms with E-state index in [9.17, 15) is 0 Å². The lowest BCUT2D eigenvalue weighted by atomic mass is 10.3. The molecule has 0 aromatic carbocycles. The molecule has 10 heteroatoms. The van der Waals surface area contributed by atoms with Crippen LogP contribution in [0.15, 0.2) is 34.1 Å². The van der Waals surface area contributed by atoms with Crippen LogP contribution in [-0.4, -0.2) is 65.7 Å². The van der Waals surface area contributed by atoms with E-state index < -0.39 is 0 Å². The number of hydrogen-bond acceptors (Lipinski definition) is 5. The number of hydrogen-bond donors (Lipinski definition) is 1. The summed E-state index contributed by atoms with van der Waals surface area (Å²) in [5, 5.41) is 3.44. The van der Waals surface area contributed by atoms with E-state index in [1.165, 1.54) is 5.56 Å². The number of ether oxygens (including phenoxy) is 1. The number of aromatic nitrogens is 3. The van der Waals surface area contributed by atoms with Crippen LogP contribution in [0.25, 0.3) is 0 Å². The van der Waals surface area contributed by atoms with Crippen molar-refractivity contribution in [2.75, 3.05) is 45.2 Å². The molecule has 1 fully saturated rings. The van der Waals surface area contributed by atoms with Gasteiger partial charge in [0, 0.05) is 59.2 Å². The number of guanidine groups is 1. The summed E-state index contributed by atoms with van der Waals surface area (Å²) in [5.41, 5.74) is 1.24. The smallest absolute Gasteiger partial charge is 0.232 e. The highest BCUT2D eigenvalue weighted by Gasteiger charge is 2.22. The zero-order valence-corrected chi connectivity index (χ0v) is 19.6. The maximum atomic E-state index is 5.26. The average molecular weight is 550 g/mol. The van der Waals surface area contributed by atoms with Gasteiger partial charge in [0.1, 0.15) is 0 Å². The average Bonchev–Trinajstić information content (AvgIpc) is 3.08. The van der Waals surface area contributed by atoms with Crippen molar-refractivity contribution in [1.82, 2.24) is 24.8 Å². The maximum Gasteiger partial charge on any atom is 0.232 e. The molecule has 1 N–H and O–H groups in total. The Morgan fingerprint density at radius 3 is 2.67 bits per heavy atom. The van der Waals surface area contributed by atoms with Crippen LogP contribution >= 0.6 is 39.9 Å². The third-order valence-electron chi connectivity index (χ3n) is 4.31. The minimum Gasteiger partial charge on any atom is -0.480 e. The number of anilines is 1. The van der Waals surface area contributed by atoms with Gasteiger partial charge >= 0.3 is 0 Å². The van der Waals surface area contributed by atoms with Crippen LogP contribution in [0.4, 0.5) is 5.95 Å². The van der Waals surface area contributed by atoms with Crippen LogP contribution in [0, 0.1) is 0 Å². The van der Waals surface area contributed by atoms with Crippen LogP contribution in [-0.2, 0) is 13.6 Å². The highest BCUT2D eigenvalue weighted by atomic mass is 127. The van der Waals surface area contributed by atoms with Gasteiger partial charge in [0.2, 0.25) is 11.8 Å². The molecule has 0 atom stereocenters. The first-order valence-corrected chi connectivity index (χ1v) is 9.28. The fraction of sp³-hybridized carbons (Fsp3) is 0.471. The molecule has 1 aliphatic heterocycles. The van der Waals surface area contributed by atoms with Gasteiger partial charge in [-0.3, -0.25) is 4.99 Å². The first kappa shape index (κ1) is 21.7. The van der Waals surface area contributed by atoms with Gasteiger partial charge in [-0.2, -0.15) is 4.98 Å². The summed E-state index contributed by atoms with van der Waals surface area (Å²) in [5.74, 6) is 2.16. The Kier molecular flexibility index (Phi) is 8.14. The van der Waals surface area contributed by atoms with Crippen molar-refractivity contribution < 1.29 is 4.74 Å². The summed E-state index contributed by atoms with van der Waals surface area (Å²) in [6.45, 7) is 4.14. The molecular formula is C17H25BrIN7O. The van der Waals surface area contributed by atoms with Crippen molar-refractivity contribution in [3.8, 4) is 5.88 Å². The molecule has 148 valence electrons. The van der Waals surface area contributed by atoms with Gasteiger partial charge < -0.3 is 24.4 Å². The Balaban J connectivity index is 0.00000261. The summed E-state index contributed by atoms with van der Waals surface area (Å²) >= 11 is 3.39. The number of nitrogens with zero attached hydrogens (tertiary/aromatic N) is 6. The number of nitrogens with one attached hydrogen (secondary N) is 1. The van der Waals surface area contributed by atoms with Gasteiger partial charge in [-0.25, -0.2) is 4.98 Å². The molecule has 1 saturated heterocycles. The second-order valence-electron chi connectivity index (χ2n) is 6.09. The summed E-state index contributed by atoms with van der Waals surface area (Å²) in [6, 6.07) is 2.11. The molecule has 0 amide bonds. The van der Waals surface area contributed by atoms with Crippen LogP contribution in [0.5, 0.6) is 5.88 Å². The van der Waals surface area contributed by atoms with Crippen LogP contribution in [0.2, 0.25) is 0 Å². The molecule has 3 heterocycles. The summed E-state index contributed by atoms with van der Waals surface area (Å²) in [6.07, 6.45) is 5.88. The summed E-state index contributed by atoms with van der Waals surface area (Å²) in [7, 11) is 5.45. The van der Waals surface area contributed by atoms with Crippen LogP contribution in [0.3, 0.4) is 0 Å². The Bertz CT molecular complexity index is 774. The Morgan fingerprint density at radius 1 is 1.33 bits per heavy atom. The van der Waals surface area contributed by atoms with E-state index in [0.717, 1.165) is 43.2 Å². The van der Waals surface area contributed by atoms with Gasteiger partial charge in [0.15, 0.2) is 5.96 Å². The molecule has 27 heavy (non-hydrogen) atoms. The number of rotatable bonds is 4. The molecule has 0 spiro atoms. The Labute approximate surface area is 185 Å². The molecule has 3 rings (SSSR count). The molecule has 0 unspecified atom stereocenters. The SMILES string of the molecule is CN=C(NCc1ccn(C)c1)N1CCN(c2ncc(Br)c(OC)n2)CC1.I. The van der Waals surface area contributed by atoms with Gasteiger partial charge in [-0.15, -0.1) is 24.0 Å². The standard InChI is InChI=1S/C17H24BrN7O.HI/c1-19-16(20-10-13-4-5-23(2)12-13)24-6-8-25(9-7-24)17-21-11-14(18)15(22-17)26-3;/h4-5,11-12H,6-10H2,1-3H3,(H,19,20);1H. The van der Waals surface area contributed by atoms with E-state index in [0.29, 0.717) is 11.8 Å². The van der Waals surface area contributed by atoms with Crippen LogP contribution < -0.4 is 15.0 Å². The molecule has 2 aromatic rings. The maximum absolute atomic E-state index is 5.26. The minimum absolute atomic E-state index is 0. The Hall–Kier alpha value is -1.56. The zero-order valence-electron chi connectivity index (χ0n) is 15.7. The second kappa shape index (κ2) is 10.1. The second-order valence-corrected chi connectivity index (χ2v) is 6.94. The fourth-order valence-electron chi connectivity index (χ4n) is 2.94. The molecule has 1 aliphatic rings. The van der Waals surface area contributed by atoms with Crippen molar-refractivity contribution in [2.24, 2.45) is 12.0 Å². The molecule has 0 radical (unpaired) electrons. The number of aliphatic imine (C=N–C) groups is 1. The minimum atomic E-state index is 0. The lowest BCUT2D eigenvalue weighted by Crippen LogP contribution is -2.52. The molecule has 2 aromatic heterocycles. The van der Waals surface area contributed by atoms with E-state index in [2.05, 4.69) is 58.3 Å². The third kappa shape index (κ3) is 5.47. The summed E-state index contributed by atoms with van der Waals surface area (Å²) in [4.78, 5) is 17.7. The van der Waals surface area contributed by atoms with Gasteiger partial charge in [-0.05, 0) is 27.6 Å². The van der Waals surface area contributed by atoms with Crippen LogP contribution in [0.1, 0.15) is 5.56 Å². The predicted molar refractivity (Wildman–Crippen MR) is 121 cm³/mol. The highest BCUT2D eigenvalue weighted by molar-refractivity contribution is 14.0. The lowest BCUT2D eigenvalue weighted by Gasteiger charge is -2.36. The van der Waals surface area contributed by atoms with Gasteiger partial charge in [0.05, 0.1) is 17.8 Å². The molecule has 0 aliphatic carbocycles. The monoisotopic (exact) mass is 549 g/mol. The number of piperazine rings is 1. The van der Waals surface area contributed by atoms with E-state index >= 15 is 0 Å².